The number of guanidine groups is 1. The second-order valence-corrected chi connectivity index (χ2v) is 8.74. The Balaban J connectivity index is 1.40. The Kier molecular flexibility index (Phi) is 7.73. The third-order valence-corrected chi connectivity index (χ3v) is 6.25. The van der Waals surface area contributed by atoms with Gasteiger partial charge in [-0.25, -0.2) is 4.99 Å². The van der Waals surface area contributed by atoms with Crippen LogP contribution in [0, 0.1) is 12.8 Å². The van der Waals surface area contributed by atoms with Crippen molar-refractivity contribution >= 4 is 5.96 Å². The zero-order valence-electron chi connectivity index (χ0n) is 19.8. The van der Waals surface area contributed by atoms with Gasteiger partial charge >= 0.3 is 0 Å². The van der Waals surface area contributed by atoms with Crippen molar-refractivity contribution in [2.75, 3.05) is 19.7 Å². The lowest BCUT2D eigenvalue weighted by atomic mass is 10.1. The molecule has 0 amide bonds. The highest BCUT2D eigenvalue weighted by atomic mass is 16.5. The van der Waals surface area contributed by atoms with Crippen molar-refractivity contribution in [3.63, 3.8) is 0 Å². The predicted molar refractivity (Wildman–Crippen MR) is 131 cm³/mol. The van der Waals surface area contributed by atoms with E-state index in [4.69, 9.17) is 9.73 Å². The molecule has 1 aromatic heterocycles. The Morgan fingerprint density at radius 3 is 2.55 bits per heavy atom. The molecule has 2 heterocycles. The van der Waals surface area contributed by atoms with Gasteiger partial charge in [0.05, 0.1) is 19.3 Å². The molecule has 2 atom stereocenters. The summed E-state index contributed by atoms with van der Waals surface area (Å²) in [6.07, 6.45) is 1.10. The van der Waals surface area contributed by atoms with E-state index in [1.54, 1.807) is 0 Å². The number of nitrogens with zero attached hydrogens (tertiary/aromatic N) is 5. The van der Waals surface area contributed by atoms with E-state index in [2.05, 4.69) is 75.9 Å². The van der Waals surface area contributed by atoms with Crippen LogP contribution in [0.4, 0.5) is 0 Å². The first-order valence-corrected chi connectivity index (χ1v) is 11.7. The largest absolute Gasteiger partial charge is 0.376 e. The SMILES string of the molecule is Cc1nnc(CN=C(NC(C)c2ccccc2)N2CCC(COCc3ccccc3)C2)n1C. The molecule has 0 saturated carbocycles. The Morgan fingerprint density at radius 1 is 1.12 bits per heavy atom. The molecule has 7 nitrogen and oxygen atoms in total. The molecule has 0 bridgehead atoms. The molecule has 174 valence electrons. The number of likely N-dealkylation sites (tertiary alicyclic amines) is 1. The molecule has 4 rings (SSSR count). The van der Waals surface area contributed by atoms with Crippen molar-refractivity contribution in [3.05, 3.63) is 83.4 Å². The number of nitrogens with one attached hydrogen (secondary N) is 1. The van der Waals surface area contributed by atoms with Crippen LogP contribution in [-0.4, -0.2) is 45.3 Å². The molecule has 0 spiro atoms. The number of aryl methyl sites for hydroxylation is 1. The summed E-state index contributed by atoms with van der Waals surface area (Å²) in [6.45, 7) is 7.94. The maximum atomic E-state index is 6.02. The van der Waals surface area contributed by atoms with Gasteiger partial charge in [-0.2, -0.15) is 0 Å². The van der Waals surface area contributed by atoms with Crippen LogP contribution in [0.3, 0.4) is 0 Å². The summed E-state index contributed by atoms with van der Waals surface area (Å²) in [5.74, 6) is 3.16. The van der Waals surface area contributed by atoms with Gasteiger partial charge in [-0.15, -0.1) is 10.2 Å². The Labute approximate surface area is 196 Å². The molecule has 7 heteroatoms. The standard InChI is InChI=1S/C26H34N6O/c1-20(24-12-8-5-9-13-24)28-26(27-16-25-30-29-21(2)31(25)3)32-15-14-23(17-32)19-33-18-22-10-6-4-7-11-22/h4-13,20,23H,14-19H2,1-3H3,(H,27,28). The molecular weight excluding hydrogens is 412 g/mol. The lowest BCUT2D eigenvalue weighted by Crippen LogP contribution is -2.41. The maximum absolute atomic E-state index is 6.02. The fraction of sp³-hybridized carbons (Fsp3) is 0.423. The lowest BCUT2D eigenvalue weighted by Gasteiger charge is -2.25. The predicted octanol–water partition coefficient (Wildman–Crippen LogP) is 3.87. The minimum Gasteiger partial charge on any atom is -0.376 e. The molecule has 2 aromatic carbocycles. The highest BCUT2D eigenvalue weighted by Gasteiger charge is 2.26. The number of ether oxygens (including phenoxy) is 1. The van der Waals surface area contributed by atoms with Gasteiger partial charge in [0.2, 0.25) is 0 Å². The van der Waals surface area contributed by atoms with Crippen molar-refractivity contribution in [3.8, 4) is 0 Å². The van der Waals surface area contributed by atoms with Gasteiger partial charge in [-0.05, 0) is 31.4 Å². The number of aliphatic imine (C=N–C) groups is 1. The number of rotatable bonds is 8. The number of hydrogen-bond acceptors (Lipinski definition) is 4. The second kappa shape index (κ2) is 11.1. The van der Waals surface area contributed by atoms with Crippen molar-refractivity contribution in [2.24, 2.45) is 18.0 Å². The molecule has 1 aliphatic heterocycles. The van der Waals surface area contributed by atoms with Crippen molar-refractivity contribution < 1.29 is 4.74 Å². The molecule has 1 N–H and O–H groups in total. The van der Waals surface area contributed by atoms with E-state index in [0.717, 1.165) is 43.7 Å². The summed E-state index contributed by atoms with van der Waals surface area (Å²) >= 11 is 0. The van der Waals surface area contributed by atoms with Crippen molar-refractivity contribution in [1.29, 1.82) is 0 Å². The first-order chi connectivity index (χ1) is 16.1. The lowest BCUT2D eigenvalue weighted by molar-refractivity contribution is 0.0906. The number of benzene rings is 2. The molecule has 0 aliphatic carbocycles. The summed E-state index contributed by atoms with van der Waals surface area (Å²) in [6, 6.07) is 21.0. The van der Waals surface area contributed by atoms with Crippen LogP contribution in [0.1, 0.15) is 42.2 Å². The van der Waals surface area contributed by atoms with Crippen LogP contribution in [-0.2, 0) is 24.9 Å². The zero-order chi connectivity index (χ0) is 23.0. The third kappa shape index (κ3) is 6.20. The van der Waals surface area contributed by atoms with Crippen LogP contribution in [0.15, 0.2) is 65.7 Å². The summed E-state index contributed by atoms with van der Waals surface area (Å²) in [7, 11) is 1.98. The molecule has 1 fully saturated rings. The smallest absolute Gasteiger partial charge is 0.194 e. The monoisotopic (exact) mass is 446 g/mol. The highest BCUT2D eigenvalue weighted by molar-refractivity contribution is 5.80. The minimum absolute atomic E-state index is 0.152. The number of aromatic nitrogens is 3. The molecular formula is C26H34N6O. The van der Waals surface area contributed by atoms with Crippen LogP contribution in [0.5, 0.6) is 0 Å². The molecule has 1 aliphatic rings. The van der Waals surface area contributed by atoms with Crippen molar-refractivity contribution in [1.82, 2.24) is 25.0 Å². The van der Waals surface area contributed by atoms with Gasteiger partial charge < -0.3 is 19.5 Å². The minimum atomic E-state index is 0.152. The van der Waals surface area contributed by atoms with Gasteiger partial charge in [0, 0.05) is 26.1 Å². The number of hydrogen-bond donors (Lipinski definition) is 1. The first kappa shape index (κ1) is 23.0. The van der Waals surface area contributed by atoms with E-state index in [1.807, 2.05) is 30.7 Å². The van der Waals surface area contributed by atoms with E-state index in [1.165, 1.54) is 11.1 Å². The molecule has 2 unspecified atom stereocenters. The molecule has 3 aromatic rings. The van der Waals surface area contributed by atoms with E-state index in [0.29, 0.717) is 19.1 Å². The normalized spacial score (nSPS) is 17.4. The van der Waals surface area contributed by atoms with Gasteiger partial charge in [0.1, 0.15) is 12.4 Å². The zero-order valence-corrected chi connectivity index (χ0v) is 19.8. The van der Waals surface area contributed by atoms with Gasteiger partial charge in [-0.1, -0.05) is 60.7 Å². The van der Waals surface area contributed by atoms with Gasteiger partial charge in [0.15, 0.2) is 11.8 Å². The molecule has 33 heavy (non-hydrogen) atoms. The topological polar surface area (TPSA) is 67.6 Å². The molecule has 0 radical (unpaired) electrons. The highest BCUT2D eigenvalue weighted by Crippen LogP contribution is 2.19. The summed E-state index contributed by atoms with van der Waals surface area (Å²) < 4.78 is 8.01. The average Bonchev–Trinajstić information content (AvgIpc) is 3.44. The Hall–Kier alpha value is -3.19. The van der Waals surface area contributed by atoms with Crippen LogP contribution in [0.2, 0.25) is 0 Å². The van der Waals surface area contributed by atoms with E-state index < -0.39 is 0 Å². The Bertz CT molecular complexity index is 1030. The van der Waals surface area contributed by atoms with Crippen LogP contribution < -0.4 is 5.32 Å². The van der Waals surface area contributed by atoms with Crippen LogP contribution >= 0.6 is 0 Å². The maximum Gasteiger partial charge on any atom is 0.194 e. The van der Waals surface area contributed by atoms with E-state index in [-0.39, 0.29) is 6.04 Å². The Morgan fingerprint density at radius 2 is 1.85 bits per heavy atom. The fourth-order valence-corrected chi connectivity index (χ4v) is 4.07. The average molecular weight is 447 g/mol. The van der Waals surface area contributed by atoms with Gasteiger partial charge in [-0.3, -0.25) is 0 Å². The van der Waals surface area contributed by atoms with E-state index in [9.17, 15) is 0 Å². The third-order valence-electron chi connectivity index (χ3n) is 6.25. The van der Waals surface area contributed by atoms with E-state index >= 15 is 0 Å². The summed E-state index contributed by atoms with van der Waals surface area (Å²) in [4.78, 5) is 7.29. The quantitative estimate of drug-likeness (QED) is 0.420. The first-order valence-electron chi connectivity index (χ1n) is 11.7. The second-order valence-electron chi connectivity index (χ2n) is 8.74. The van der Waals surface area contributed by atoms with Crippen molar-refractivity contribution in [2.45, 2.75) is 39.5 Å². The summed E-state index contributed by atoms with van der Waals surface area (Å²) in [5.41, 5.74) is 2.45. The van der Waals surface area contributed by atoms with Gasteiger partial charge in [0.25, 0.3) is 0 Å². The van der Waals surface area contributed by atoms with Crippen LogP contribution in [0.25, 0.3) is 0 Å². The fourth-order valence-electron chi connectivity index (χ4n) is 4.07. The summed E-state index contributed by atoms with van der Waals surface area (Å²) in [5, 5.41) is 12.1. The molecule has 1 saturated heterocycles.